The highest BCUT2D eigenvalue weighted by molar-refractivity contribution is 14.1. The van der Waals surface area contributed by atoms with E-state index < -0.39 is 30.6 Å². The van der Waals surface area contributed by atoms with Crippen molar-refractivity contribution >= 4 is 80.7 Å². The number of phosphoric acid groups is 1. The first-order valence-corrected chi connectivity index (χ1v) is 18.0. The summed E-state index contributed by atoms with van der Waals surface area (Å²) in [5, 5.41) is 23.7. The van der Waals surface area contributed by atoms with Gasteiger partial charge in [0, 0.05) is 78.8 Å². The number of nitriles is 1. The van der Waals surface area contributed by atoms with E-state index in [4.69, 9.17) is 9.51 Å². The van der Waals surface area contributed by atoms with E-state index in [1.165, 1.54) is 16.8 Å². The number of halogens is 2. The third-order valence-corrected chi connectivity index (χ3v) is 10.2. The number of aromatic nitrogens is 4. The number of carboxylic acid groups (broad SMARTS) is 1. The zero-order valence-corrected chi connectivity index (χ0v) is 29.5. The summed E-state index contributed by atoms with van der Waals surface area (Å²) in [6, 6.07) is 4.69. The van der Waals surface area contributed by atoms with E-state index in [0.29, 0.717) is 68.4 Å². The quantitative estimate of drug-likeness (QED) is 0.0586. The lowest BCUT2D eigenvalue weighted by atomic mass is 9.97. The standard InChI is InChI=1S/C31H31FIN8O7P/c1-35-22-7-21(32)18(9-34)24-25-27(41-5-4-15(23(41)8-33)12-39(2)14-48-49(45,46)47)19(11-36-29(25)38-26(22)24)16-6-17-28(42)20(31(43)44)13-40(3)30(17)37-10-16/h6-7,10-11,13,15,23,35H,4-5,8,12,14H2,1-3H3,(H,36,38)(H,43,44)(H2,45,46,47)/t15-,23+/m0/s1. The number of aromatic amines is 1. The molecule has 2 atom stereocenters. The zero-order valence-electron chi connectivity index (χ0n) is 26.4. The van der Waals surface area contributed by atoms with Gasteiger partial charge in [-0.3, -0.25) is 14.2 Å². The van der Waals surface area contributed by atoms with Crippen molar-refractivity contribution in [3.63, 3.8) is 0 Å². The van der Waals surface area contributed by atoms with Crippen molar-refractivity contribution < 1.29 is 33.2 Å². The molecule has 18 heteroatoms. The van der Waals surface area contributed by atoms with E-state index >= 15 is 4.39 Å². The molecule has 0 amide bonds. The molecule has 1 aliphatic rings. The molecule has 256 valence electrons. The predicted octanol–water partition coefficient (Wildman–Crippen LogP) is 4.01. The molecule has 0 aliphatic carbocycles. The molecular formula is C31H31FIN8O7P. The number of carboxylic acids is 1. The van der Waals surface area contributed by atoms with Gasteiger partial charge in [0.15, 0.2) is 0 Å². The van der Waals surface area contributed by atoms with Crippen molar-refractivity contribution in [2.75, 3.05) is 48.6 Å². The lowest BCUT2D eigenvalue weighted by molar-refractivity contribution is 0.0694. The molecule has 1 aliphatic heterocycles. The van der Waals surface area contributed by atoms with Gasteiger partial charge in [-0.05, 0) is 25.5 Å². The van der Waals surface area contributed by atoms with Gasteiger partial charge in [0.05, 0.1) is 33.2 Å². The molecule has 5 N–H and O–H groups in total. The number of hydrogen-bond donors (Lipinski definition) is 5. The Morgan fingerprint density at radius 3 is 2.71 bits per heavy atom. The van der Waals surface area contributed by atoms with Gasteiger partial charge in [0.2, 0.25) is 5.43 Å². The van der Waals surface area contributed by atoms with Gasteiger partial charge < -0.3 is 34.7 Å². The fraction of sp³-hybridized carbons (Fsp3) is 0.323. The Morgan fingerprint density at radius 1 is 1.31 bits per heavy atom. The highest BCUT2D eigenvalue weighted by Gasteiger charge is 2.37. The molecule has 6 rings (SSSR count). The molecule has 0 saturated carbocycles. The van der Waals surface area contributed by atoms with Crippen LogP contribution in [0.3, 0.4) is 0 Å². The van der Waals surface area contributed by atoms with Crippen molar-refractivity contribution in [2.24, 2.45) is 13.0 Å². The minimum atomic E-state index is -4.67. The molecule has 0 spiro atoms. The number of alkyl halides is 1. The number of rotatable bonds is 10. The van der Waals surface area contributed by atoms with Crippen LogP contribution in [0.5, 0.6) is 0 Å². The Balaban J connectivity index is 1.61. The molecule has 1 fully saturated rings. The van der Waals surface area contributed by atoms with Crippen molar-refractivity contribution in [1.29, 1.82) is 5.26 Å². The highest BCUT2D eigenvalue weighted by Crippen LogP contribution is 2.46. The van der Waals surface area contributed by atoms with Crippen molar-refractivity contribution in [3.8, 4) is 17.2 Å². The number of H-pyrrole nitrogens is 1. The topological polar surface area (TPSA) is 210 Å². The predicted molar refractivity (Wildman–Crippen MR) is 190 cm³/mol. The summed E-state index contributed by atoms with van der Waals surface area (Å²) < 4.78 is 33.6. The van der Waals surface area contributed by atoms with E-state index in [9.17, 15) is 34.3 Å². The highest BCUT2D eigenvalue weighted by atomic mass is 127. The van der Waals surface area contributed by atoms with Crippen molar-refractivity contribution in [2.45, 2.75) is 12.5 Å². The molecule has 1 aromatic carbocycles. The Hall–Kier alpha value is -4.18. The van der Waals surface area contributed by atoms with Crippen LogP contribution in [0.15, 0.2) is 35.5 Å². The lowest BCUT2D eigenvalue weighted by Gasteiger charge is -2.32. The third kappa shape index (κ3) is 6.24. The molecule has 5 heterocycles. The number of nitrogens with zero attached hydrogens (tertiary/aromatic N) is 6. The normalized spacial score (nSPS) is 16.7. The number of pyridine rings is 3. The number of nitrogens with one attached hydrogen (secondary N) is 2. The van der Waals surface area contributed by atoms with E-state index in [-0.39, 0.29) is 35.3 Å². The number of aromatic carboxylic acids is 1. The summed E-state index contributed by atoms with van der Waals surface area (Å²) in [4.78, 5) is 59.9. The van der Waals surface area contributed by atoms with Gasteiger partial charge in [-0.15, -0.1) is 0 Å². The van der Waals surface area contributed by atoms with Gasteiger partial charge in [-0.1, -0.05) is 22.6 Å². The molecule has 0 unspecified atom stereocenters. The van der Waals surface area contributed by atoms with Gasteiger partial charge in [0.25, 0.3) is 0 Å². The number of fused-ring (bicyclic) bond motifs is 4. The van der Waals surface area contributed by atoms with Crippen LogP contribution in [-0.2, 0) is 16.1 Å². The number of phosphoric ester groups is 1. The number of benzene rings is 1. The third-order valence-electron chi connectivity index (χ3n) is 8.88. The maximum absolute atomic E-state index is 15.5. The number of anilines is 2. The monoisotopic (exact) mass is 804 g/mol. The second kappa shape index (κ2) is 13.3. The summed E-state index contributed by atoms with van der Waals surface area (Å²) in [7, 11) is 0.268. The Morgan fingerprint density at radius 2 is 2.06 bits per heavy atom. The van der Waals surface area contributed by atoms with Crippen LogP contribution in [0.25, 0.3) is 44.1 Å². The van der Waals surface area contributed by atoms with Gasteiger partial charge >= 0.3 is 13.8 Å². The maximum atomic E-state index is 15.5. The first-order valence-electron chi connectivity index (χ1n) is 15.0. The summed E-state index contributed by atoms with van der Waals surface area (Å²) in [5.74, 6) is -2.08. The fourth-order valence-corrected chi connectivity index (χ4v) is 8.25. The largest absolute Gasteiger partial charge is 0.477 e. The number of aryl methyl sites for hydroxylation is 1. The van der Waals surface area contributed by atoms with Crippen LogP contribution in [-0.4, -0.2) is 89.7 Å². The first-order chi connectivity index (χ1) is 23.3. The Bertz CT molecular complexity index is 2300. The Labute approximate surface area is 291 Å². The smallest absolute Gasteiger partial charge is 0.470 e. The van der Waals surface area contributed by atoms with Crippen LogP contribution >= 0.6 is 30.4 Å². The van der Waals surface area contributed by atoms with Gasteiger partial charge in [-0.25, -0.2) is 23.7 Å². The average Bonchev–Trinajstić information content (AvgIpc) is 3.65. The molecule has 5 aromatic rings. The SMILES string of the molecule is CNc1cc(F)c(C#N)c2c1[nH]c1ncc(-c3cnc4c(c3)c(=O)c(C(=O)O)cn4C)c(N3CC[C@@H](CN(C)COP(=O)(O)O)[C@H]3CI)c12. The fourth-order valence-electron chi connectivity index (χ4n) is 6.71. The van der Waals surface area contributed by atoms with Crippen LogP contribution < -0.4 is 15.6 Å². The van der Waals surface area contributed by atoms with E-state index in [1.54, 1.807) is 44.5 Å². The molecule has 4 aromatic heterocycles. The van der Waals surface area contributed by atoms with E-state index in [2.05, 4.69) is 42.8 Å². The second-order valence-corrected chi connectivity index (χ2v) is 14.0. The summed E-state index contributed by atoms with van der Waals surface area (Å²) in [5.41, 5.74) is 1.90. The lowest BCUT2D eigenvalue weighted by Crippen LogP contribution is -2.39. The molecule has 49 heavy (non-hydrogen) atoms. The first kappa shape index (κ1) is 34.7. The molecule has 1 saturated heterocycles. The van der Waals surface area contributed by atoms with Gasteiger partial charge in [0.1, 0.15) is 35.5 Å². The van der Waals surface area contributed by atoms with Crippen molar-refractivity contribution in [1.82, 2.24) is 24.4 Å². The minimum absolute atomic E-state index is 0.00346. The van der Waals surface area contributed by atoms with Gasteiger partial charge in [-0.2, -0.15) is 5.26 Å². The zero-order chi connectivity index (χ0) is 35.4. The Kier molecular flexibility index (Phi) is 9.39. The van der Waals surface area contributed by atoms with Crippen molar-refractivity contribution in [3.05, 3.63) is 57.9 Å². The molecule has 0 bridgehead atoms. The summed E-state index contributed by atoms with van der Waals surface area (Å²) in [6.07, 6.45) is 5.08. The summed E-state index contributed by atoms with van der Waals surface area (Å²) >= 11 is 2.28. The molecule has 15 nitrogen and oxygen atoms in total. The van der Waals surface area contributed by atoms with Crippen LogP contribution in [0.2, 0.25) is 0 Å². The maximum Gasteiger partial charge on any atom is 0.470 e. The average molecular weight is 805 g/mol. The van der Waals surface area contributed by atoms with Crippen LogP contribution in [0.4, 0.5) is 15.8 Å². The minimum Gasteiger partial charge on any atom is -0.477 e. The molecule has 0 radical (unpaired) electrons. The molecular weight excluding hydrogens is 773 g/mol. The van der Waals surface area contributed by atoms with E-state index in [1.807, 2.05) is 6.07 Å². The van der Waals surface area contributed by atoms with E-state index in [0.717, 1.165) is 0 Å². The number of hydrogen-bond acceptors (Lipinski definition) is 10. The number of carbonyl (C=O) groups is 1. The van der Waals surface area contributed by atoms with Crippen LogP contribution in [0.1, 0.15) is 22.3 Å². The van der Waals surface area contributed by atoms with Crippen LogP contribution in [0, 0.1) is 23.1 Å². The second-order valence-electron chi connectivity index (χ2n) is 11.9. The summed E-state index contributed by atoms with van der Waals surface area (Å²) in [6.45, 7) is 0.678.